The summed E-state index contributed by atoms with van der Waals surface area (Å²) in [7, 11) is -3.50. The number of nitrogens with two attached hydrogens (primary N) is 1. The number of fused-ring (bicyclic) bond motifs is 1. The molecule has 4 nitrogen and oxygen atoms in total. The van der Waals surface area contributed by atoms with Gasteiger partial charge in [0.25, 0.3) is 0 Å². The highest BCUT2D eigenvalue weighted by atomic mass is 35.5. The number of hydrogen-bond donors (Lipinski definition) is 1. The van der Waals surface area contributed by atoms with Gasteiger partial charge in [0.15, 0.2) is 0 Å². The van der Waals surface area contributed by atoms with E-state index >= 15 is 0 Å². The molecule has 20 heavy (non-hydrogen) atoms. The Balaban J connectivity index is 1.93. The highest BCUT2D eigenvalue weighted by Gasteiger charge is 2.30. The third kappa shape index (κ3) is 2.28. The molecule has 2 aromatic carbocycles. The summed E-state index contributed by atoms with van der Waals surface area (Å²) >= 11 is 5.79. The van der Waals surface area contributed by atoms with Crippen LogP contribution >= 0.6 is 11.6 Å². The number of nitrogens with zero attached hydrogens (tertiary/aromatic N) is 1. The lowest BCUT2D eigenvalue weighted by atomic mass is 10.1. The van der Waals surface area contributed by atoms with Gasteiger partial charge in [-0.2, -0.15) is 4.31 Å². The van der Waals surface area contributed by atoms with Gasteiger partial charge < -0.3 is 5.73 Å². The van der Waals surface area contributed by atoms with E-state index in [1.807, 2.05) is 12.1 Å². The van der Waals surface area contributed by atoms with Crippen LogP contribution in [0.25, 0.3) is 0 Å². The van der Waals surface area contributed by atoms with E-state index in [0.717, 1.165) is 11.1 Å². The highest BCUT2D eigenvalue weighted by Crippen LogP contribution is 2.30. The Labute approximate surface area is 122 Å². The van der Waals surface area contributed by atoms with Crippen molar-refractivity contribution >= 4 is 27.3 Å². The number of anilines is 1. The van der Waals surface area contributed by atoms with Gasteiger partial charge in [-0.1, -0.05) is 17.7 Å². The van der Waals surface area contributed by atoms with Crippen LogP contribution in [0.4, 0.5) is 5.69 Å². The molecule has 1 heterocycles. The average Bonchev–Trinajstić information content (AvgIpc) is 2.83. The predicted octanol–water partition coefficient (Wildman–Crippen LogP) is 2.63. The van der Waals surface area contributed by atoms with Crippen LogP contribution in [0.1, 0.15) is 11.1 Å². The van der Waals surface area contributed by atoms with Crippen LogP contribution in [-0.2, 0) is 23.1 Å². The molecule has 2 aromatic rings. The van der Waals surface area contributed by atoms with E-state index in [1.165, 1.54) is 16.4 Å². The van der Waals surface area contributed by atoms with Crippen molar-refractivity contribution in [2.24, 2.45) is 0 Å². The molecule has 3 rings (SSSR count). The molecule has 0 bridgehead atoms. The lowest BCUT2D eigenvalue weighted by Gasteiger charge is -2.15. The van der Waals surface area contributed by atoms with Crippen molar-refractivity contribution in [3.8, 4) is 0 Å². The molecule has 0 radical (unpaired) electrons. The van der Waals surface area contributed by atoms with Gasteiger partial charge >= 0.3 is 0 Å². The second-order valence-corrected chi connectivity index (χ2v) is 7.13. The van der Waals surface area contributed by atoms with Crippen LogP contribution in [0.2, 0.25) is 5.02 Å². The van der Waals surface area contributed by atoms with Gasteiger partial charge in [0.05, 0.1) is 4.90 Å². The topological polar surface area (TPSA) is 63.4 Å². The van der Waals surface area contributed by atoms with Crippen molar-refractivity contribution in [2.45, 2.75) is 18.0 Å². The number of benzene rings is 2. The standard InChI is InChI=1S/C14H13ClN2O2S/c15-12-2-5-14(6-3-12)20(18,19)17-8-10-1-4-13(16)7-11(10)9-17/h1-7H,8-9,16H2. The number of hydrogen-bond acceptors (Lipinski definition) is 3. The zero-order valence-corrected chi connectivity index (χ0v) is 12.2. The summed E-state index contributed by atoms with van der Waals surface area (Å²) in [5.41, 5.74) is 8.34. The first-order valence-electron chi connectivity index (χ1n) is 6.10. The average molecular weight is 309 g/mol. The van der Waals surface area contributed by atoms with Gasteiger partial charge in [-0.3, -0.25) is 0 Å². The second-order valence-electron chi connectivity index (χ2n) is 4.76. The highest BCUT2D eigenvalue weighted by molar-refractivity contribution is 7.89. The van der Waals surface area contributed by atoms with Gasteiger partial charge in [-0.25, -0.2) is 8.42 Å². The first kappa shape index (κ1) is 13.4. The summed E-state index contributed by atoms with van der Waals surface area (Å²) in [5.74, 6) is 0. The Morgan fingerprint density at radius 2 is 1.65 bits per heavy atom. The number of rotatable bonds is 2. The minimum Gasteiger partial charge on any atom is -0.399 e. The number of nitrogen functional groups attached to an aromatic ring is 1. The zero-order chi connectivity index (χ0) is 14.3. The summed E-state index contributed by atoms with van der Waals surface area (Å²) in [4.78, 5) is 0.252. The normalized spacial score (nSPS) is 15.2. The van der Waals surface area contributed by atoms with E-state index in [2.05, 4.69) is 0 Å². The molecule has 0 amide bonds. The predicted molar refractivity (Wildman–Crippen MR) is 78.7 cm³/mol. The quantitative estimate of drug-likeness (QED) is 0.867. The molecule has 0 fully saturated rings. The Hall–Kier alpha value is -1.56. The summed E-state index contributed by atoms with van der Waals surface area (Å²) in [6.45, 7) is 0.728. The van der Waals surface area contributed by atoms with Crippen LogP contribution in [0.3, 0.4) is 0 Å². The molecule has 2 N–H and O–H groups in total. The lowest BCUT2D eigenvalue weighted by Crippen LogP contribution is -2.25. The largest absolute Gasteiger partial charge is 0.399 e. The summed E-state index contributed by atoms with van der Waals surface area (Å²) in [5, 5.41) is 0.515. The Kier molecular flexibility index (Phi) is 3.20. The molecule has 0 spiro atoms. The van der Waals surface area contributed by atoms with Crippen molar-refractivity contribution < 1.29 is 8.42 Å². The van der Waals surface area contributed by atoms with E-state index < -0.39 is 10.0 Å². The van der Waals surface area contributed by atoms with Gasteiger partial charge in [0, 0.05) is 23.8 Å². The van der Waals surface area contributed by atoms with E-state index in [9.17, 15) is 8.42 Å². The van der Waals surface area contributed by atoms with Crippen molar-refractivity contribution in [1.29, 1.82) is 0 Å². The molecular formula is C14H13ClN2O2S. The van der Waals surface area contributed by atoms with Crippen molar-refractivity contribution in [1.82, 2.24) is 4.31 Å². The van der Waals surface area contributed by atoms with Gasteiger partial charge in [0.2, 0.25) is 10.0 Å². The van der Waals surface area contributed by atoms with Crippen molar-refractivity contribution in [3.05, 3.63) is 58.6 Å². The van der Waals surface area contributed by atoms with Crippen LogP contribution < -0.4 is 5.73 Å². The molecule has 0 saturated heterocycles. The van der Waals surface area contributed by atoms with Gasteiger partial charge in [-0.05, 0) is 47.5 Å². The Morgan fingerprint density at radius 3 is 2.35 bits per heavy atom. The minimum absolute atomic E-state index is 0.252. The number of sulfonamides is 1. The maximum atomic E-state index is 12.6. The minimum atomic E-state index is -3.50. The van der Waals surface area contributed by atoms with Crippen LogP contribution in [0.15, 0.2) is 47.4 Å². The summed E-state index contributed by atoms with van der Waals surface area (Å²) in [6.07, 6.45) is 0. The number of halogens is 1. The van der Waals surface area contributed by atoms with Crippen LogP contribution in [0, 0.1) is 0 Å². The van der Waals surface area contributed by atoms with Gasteiger partial charge in [0.1, 0.15) is 0 Å². The smallest absolute Gasteiger partial charge is 0.243 e. The fraction of sp³-hybridized carbons (Fsp3) is 0.143. The summed E-state index contributed by atoms with van der Waals surface area (Å²) in [6, 6.07) is 11.7. The molecule has 1 aliphatic heterocycles. The summed E-state index contributed by atoms with van der Waals surface area (Å²) < 4.78 is 26.5. The monoisotopic (exact) mass is 308 g/mol. The third-order valence-corrected chi connectivity index (χ3v) is 5.43. The first-order chi connectivity index (χ1) is 9.46. The van der Waals surface area contributed by atoms with E-state index in [4.69, 9.17) is 17.3 Å². The van der Waals surface area contributed by atoms with E-state index in [1.54, 1.807) is 18.2 Å². The SMILES string of the molecule is Nc1ccc2c(c1)CN(S(=O)(=O)c1ccc(Cl)cc1)C2. The van der Waals surface area contributed by atoms with Crippen LogP contribution in [-0.4, -0.2) is 12.7 Å². The van der Waals surface area contributed by atoms with Gasteiger partial charge in [-0.15, -0.1) is 0 Å². The molecule has 6 heteroatoms. The molecule has 0 aliphatic carbocycles. The maximum absolute atomic E-state index is 12.6. The fourth-order valence-electron chi connectivity index (χ4n) is 2.31. The van der Waals surface area contributed by atoms with Crippen LogP contribution in [0.5, 0.6) is 0 Å². The van der Waals surface area contributed by atoms with E-state index in [-0.39, 0.29) is 4.90 Å². The molecule has 104 valence electrons. The molecule has 0 saturated carbocycles. The maximum Gasteiger partial charge on any atom is 0.243 e. The first-order valence-corrected chi connectivity index (χ1v) is 7.91. The van der Waals surface area contributed by atoms with Crippen molar-refractivity contribution in [3.63, 3.8) is 0 Å². The molecule has 0 aromatic heterocycles. The fourth-order valence-corrected chi connectivity index (χ4v) is 3.83. The third-order valence-electron chi connectivity index (χ3n) is 3.38. The molecular weight excluding hydrogens is 296 g/mol. The van der Waals surface area contributed by atoms with E-state index in [0.29, 0.717) is 23.8 Å². The molecule has 0 unspecified atom stereocenters. The Bertz CT molecular complexity index is 757. The van der Waals surface area contributed by atoms with Crippen molar-refractivity contribution in [2.75, 3.05) is 5.73 Å². The zero-order valence-electron chi connectivity index (χ0n) is 10.6. The molecule has 1 aliphatic rings. The lowest BCUT2D eigenvalue weighted by molar-refractivity contribution is 0.431. The second kappa shape index (κ2) is 4.77. The Morgan fingerprint density at radius 1 is 1.00 bits per heavy atom. The molecule has 0 atom stereocenters.